The highest BCUT2D eigenvalue weighted by Crippen LogP contribution is 2.16. The molecule has 1 unspecified atom stereocenters. The van der Waals surface area contributed by atoms with Gasteiger partial charge >= 0.3 is 5.97 Å². The van der Waals surface area contributed by atoms with Crippen LogP contribution in [0, 0.1) is 0 Å². The highest BCUT2D eigenvalue weighted by atomic mass is 32.2. The van der Waals surface area contributed by atoms with Crippen LogP contribution in [0.3, 0.4) is 0 Å². The van der Waals surface area contributed by atoms with Crippen molar-refractivity contribution in [2.75, 3.05) is 50.1 Å². The minimum atomic E-state index is -0.888. The maximum atomic E-state index is 12.7. The van der Waals surface area contributed by atoms with E-state index in [1.54, 1.807) is 24.3 Å². The Balaban J connectivity index is 1.87. The molecule has 1 fully saturated rings. The van der Waals surface area contributed by atoms with Crippen molar-refractivity contribution >= 4 is 35.2 Å². The Labute approximate surface area is 187 Å². The second kappa shape index (κ2) is 13.8. The van der Waals surface area contributed by atoms with Crippen molar-refractivity contribution in [3.8, 4) is 5.75 Å². The van der Waals surface area contributed by atoms with Crippen molar-refractivity contribution in [3.63, 3.8) is 0 Å². The molecule has 1 aromatic rings. The molecule has 0 saturated carbocycles. The minimum absolute atomic E-state index is 0.0595. The highest BCUT2D eigenvalue weighted by Gasteiger charge is 2.21. The zero-order valence-electron chi connectivity index (χ0n) is 17.9. The number of anilines is 1. The first-order chi connectivity index (χ1) is 15.0. The minimum Gasteiger partial charge on any atom is -0.494 e. The molecule has 0 spiro atoms. The van der Waals surface area contributed by atoms with Crippen LogP contribution in [-0.2, 0) is 14.4 Å². The van der Waals surface area contributed by atoms with Gasteiger partial charge in [0.05, 0.1) is 12.4 Å². The van der Waals surface area contributed by atoms with Gasteiger partial charge in [-0.15, -0.1) is 0 Å². The van der Waals surface area contributed by atoms with Gasteiger partial charge in [-0.25, -0.2) is 0 Å². The molecule has 0 aliphatic carbocycles. The summed E-state index contributed by atoms with van der Waals surface area (Å²) in [7, 11) is 0. The second-order valence-electron chi connectivity index (χ2n) is 7.29. The summed E-state index contributed by atoms with van der Waals surface area (Å²) < 4.78 is 5.51. The van der Waals surface area contributed by atoms with Gasteiger partial charge in [0.25, 0.3) is 5.91 Å². The third kappa shape index (κ3) is 9.93. The summed E-state index contributed by atoms with van der Waals surface area (Å²) in [5.41, 5.74) is 0.655. The molecule has 31 heavy (non-hydrogen) atoms. The Kier molecular flexibility index (Phi) is 11.0. The van der Waals surface area contributed by atoms with E-state index in [1.165, 1.54) is 24.6 Å². The van der Waals surface area contributed by atoms with Gasteiger partial charge in [0.2, 0.25) is 5.91 Å². The monoisotopic (exact) mass is 452 g/mol. The van der Waals surface area contributed by atoms with Gasteiger partial charge < -0.3 is 30.7 Å². The topological polar surface area (TPSA) is 120 Å². The van der Waals surface area contributed by atoms with Crippen LogP contribution in [0.2, 0.25) is 0 Å². The predicted octanol–water partition coefficient (Wildman–Crippen LogP) is 1.36. The smallest absolute Gasteiger partial charge is 0.303 e. The van der Waals surface area contributed by atoms with Gasteiger partial charge in [-0.1, -0.05) is 0 Å². The Bertz CT molecular complexity index is 710. The number of benzene rings is 1. The molecule has 1 aromatic carbocycles. The average Bonchev–Trinajstić information content (AvgIpc) is 3.25. The van der Waals surface area contributed by atoms with E-state index >= 15 is 0 Å². The van der Waals surface area contributed by atoms with Crippen LogP contribution in [0.15, 0.2) is 24.3 Å². The number of nitrogens with one attached hydrogen (secondary N) is 3. The summed E-state index contributed by atoms with van der Waals surface area (Å²) in [4.78, 5) is 37.6. The molecule has 1 saturated heterocycles. The molecule has 1 aliphatic heterocycles. The largest absolute Gasteiger partial charge is 0.494 e. The van der Waals surface area contributed by atoms with Crippen LogP contribution in [-0.4, -0.2) is 78.8 Å². The van der Waals surface area contributed by atoms with E-state index in [0.717, 1.165) is 19.6 Å². The summed E-state index contributed by atoms with van der Waals surface area (Å²) >= 11 is 1.39. The lowest BCUT2D eigenvalue weighted by molar-refractivity contribution is -0.137. The number of carboxylic acids is 1. The van der Waals surface area contributed by atoms with E-state index < -0.39 is 12.1 Å². The lowest BCUT2D eigenvalue weighted by Crippen LogP contribution is -2.52. The van der Waals surface area contributed by atoms with Crippen LogP contribution >= 0.6 is 11.8 Å². The fourth-order valence-corrected chi connectivity index (χ4v) is 3.52. The van der Waals surface area contributed by atoms with E-state index in [0.29, 0.717) is 31.0 Å². The van der Waals surface area contributed by atoms with Gasteiger partial charge in [-0.2, -0.15) is 11.8 Å². The number of thioether (sulfide) groups is 1. The quantitative estimate of drug-likeness (QED) is 0.247. The van der Waals surface area contributed by atoms with Gasteiger partial charge in [-0.05, 0) is 62.9 Å². The van der Waals surface area contributed by atoms with Gasteiger partial charge in [0.15, 0.2) is 6.17 Å². The summed E-state index contributed by atoms with van der Waals surface area (Å²) in [5, 5.41) is 17.3. The number of hydrogen-bond acceptors (Lipinski definition) is 7. The Morgan fingerprint density at radius 3 is 2.55 bits per heavy atom. The summed E-state index contributed by atoms with van der Waals surface area (Å²) in [5.74, 6) is -0.492. The molecule has 9 nitrogen and oxygen atoms in total. The highest BCUT2D eigenvalue weighted by molar-refractivity contribution is 7.99. The fraction of sp³-hybridized carbons (Fsp3) is 0.571. The first kappa shape index (κ1) is 24.8. The molecular formula is C21H32N4O5S. The van der Waals surface area contributed by atoms with Crippen molar-refractivity contribution in [2.24, 2.45) is 0 Å². The van der Waals surface area contributed by atoms with E-state index in [1.807, 2.05) is 6.26 Å². The SMILES string of the molecule is CSCC(=O)NC(Nc1ccc(OCCCC(=O)O)cc1)C(=O)NCCN1CCCC1. The molecule has 4 N–H and O–H groups in total. The second-order valence-corrected chi connectivity index (χ2v) is 8.15. The molecule has 172 valence electrons. The van der Waals surface area contributed by atoms with Gasteiger partial charge in [-0.3, -0.25) is 14.4 Å². The summed E-state index contributed by atoms with van der Waals surface area (Å²) in [6, 6.07) is 6.96. The maximum Gasteiger partial charge on any atom is 0.303 e. The van der Waals surface area contributed by atoms with Crippen LogP contribution < -0.4 is 20.7 Å². The summed E-state index contributed by atoms with van der Waals surface area (Å²) in [6.07, 6.45) is 3.82. The van der Waals surface area contributed by atoms with E-state index in [-0.39, 0.29) is 24.0 Å². The fourth-order valence-electron chi connectivity index (χ4n) is 3.17. The van der Waals surface area contributed by atoms with Crippen LogP contribution in [0.4, 0.5) is 5.69 Å². The number of aliphatic carboxylic acids is 1. The predicted molar refractivity (Wildman–Crippen MR) is 121 cm³/mol. The summed E-state index contributed by atoms with van der Waals surface area (Å²) in [6.45, 7) is 3.76. The molecule has 0 bridgehead atoms. The number of nitrogens with zero attached hydrogens (tertiary/aromatic N) is 1. The van der Waals surface area contributed by atoms with E-state index in [2.05, 4.69) is 20.9 Å². The van der Waals surface area contributed by atoms with Crippen molar-refractivity contribution in [1.29, 1.82) is 0 Å². The Hall–Kier alpha value is -2.46. The average molecular weight is 453 g/mol. The number of rotatable bonds is 14. The maximum absolute atomic E-state index is 12.7. The van der Waals surface area contributed by atoms with Crippen molar-refractivity contribution in [1.82, 2.24) is 15.5 Å². The lowest BCUT2D eigenvalue weighted by atomic mass is 10.2. The number of likely N-dealkylation sites (tertiary alicyclic amines) is 1. The standard InChI is InChI=1S/C21H32N4O5S/c1-31-15-18(26)24-20(21(29)22-10-13-25-11-2-3-12-25)23-16-6-8-17(9-7-16)30-14-4-5-19(27)28/h6-9,20,23H,2-5,10-15H2,1H3,(H,22,29)(H,24,26)(H,27,28). The van der Waals surface area contributed by atoms with E-state index in [9.17, 15) is 14.4 Å². The lowest BCUT2D eigenvalue weighted by Gasteiger charge is -2.22. The number of carbonyl (C=O) groups excluding carboxylic acids is 2. The molecule has 0 radical (unpaired) electrons. The van der Waals surface area contributed by atoms with Gasteiger partial charge in [0, 0.05) is 25.2 Å². The molecule has 1 heterocycles. The van der Waals surface area contributed by atoms with Crippen LogP contribution in [0.5, 0.6) is 5.75 Å². The zero-order valence-corrected chi connectivity index (χ0v) is 18.7. The third-order valence-corrected chi connectivity index (χ3v) is 5.29. The number of hydrogen-bond donors (Lipinski definition) is 4. The number of carbonyl (C=O) groups is 3. The zero-order chi connectivity index (χ0) is 22.5. The molecule has 1 aliphatic rings. The van der Waals surface area contributed by atoms with Gasteiger partial charge in [0.1, 0.15) is 5.75 Å². The first-order valence-corrected chi connectivity index (χ1v) is 11.9. The molecule has 2 rings (SSSR count). The number of ether oxygens (including phenoxy) is 1. The first-order valence-electron chi connectivity index (χ1n) is 10.5. The molecule has 0 aromatic heterocycles. The van der Waals surface area contributed by atoms with Crippen LogP contribution in [0.25, 0.3) is 0 Å². The van der Waals surface area contributed by atoms with Crippen LogP contribution in [0.1, 0.15) is 25.7 Å². The Morgan fingerprint density at radius 2 is 1.90 bits per heavy atom. The molecule has 2 amide bonds. The van der Waals surface area contributed by atoms with Crippen molar-refractivity contribution in [2.45, 2.75) is 31.8 Å². The Morgan fingerprint density at radius 1 is 1.19 bits per heavy atom. The van der Waals surface area contributed by atoms with E-state index in [4.69, 9.17) is 9.84 Å². The third-order valence-electron chi connectivity index (χ3n) is 4.74. The molecule has 10 heteroatoms. The molecule has 1 atom stereocenters. The molecular weight excluding hydrogens is 420 g/mol. The van der Waals surface area contributed by atoms with Crippen molar-refractivity contribution in [3.05, 3.63) is 24.3 Å². The number of amides is 2. The number of carboxylic acid groups (broad SMARTS) is 1. The van der Waals surface area contributed by atoms with Crippen molar-refractivity contribution < 1.29 is 24.2 Å². The normalized spacial score (nSPS) is 14.6.